The molecule has 1 atom stereocenters. The number of aromatic nitrogens is 2. The van der Waals surface area contributed by atoms with E-state index in [1.54, 1.807) is 0 Å². The van der Waals surface area contributed by atoms with E-state index in [4.69, 9.17) is 0 Å². The van der Waals surface area contributed by atoms with Gasteiger partial charge in [0.1, 0.15) is 0 Å². The zero-order valence-electron chi connectivity index (χ0n) is 15.5. The number of hydrogen-bond donors (Lipinski definition) is 1. The van der Waals surface area contributed by atoms with Gasteiger partial charge in [-0.1, -0.05) is 26.0 Å². The Morgan fingerprint density at radius 3 is 2.59 bits per heavy atom. The lowest BCUT2D eigenvalue weighted by molar-refractivity contribution is -0.137. The molecular weight excluding hydrogens is 355 g/mol. The van der Waals surface area contributed by atoms with Crippen molar-refractivity contribution in [2.45, 2.75) is 45.3 Å². The molecule has 146 valence electrons. The Bertz CT molecular complexity index is 781. The van der Waals surface area contributed by atoms with E-state index in [1.165, 1.54) is 12.1 Å². The Balaban J connectivity index is 1.63. The number of likely N-dealkylation sites (tertiary alicyclic amines) is 1. The van der Waals surface area contributed by atoms with Gasteiger partial charge in [0.05, 0.1) is 11.3 Å². The van der Waals surface area contributed by atoms with Crippen molar-refractivity contribution in [3.05, 3.63) is 52.8 Å². The average Bonchev–Trinajstić information content (AvgIpc) is 3.09. The lowest BCUT2D eigenvalue weighted by atomic mass is 9.89. The first-order chi connectivity index (χ1) is 12.7. The van der Waals surface area contributed by atoms with Gasteiger partial charge in [0.2, 0.25) is 0 Å². The summed E-state index contributed by atoms with van der Waals surface area (Å²) < 4.78 is 38.1. The highest BCUT2D eigenvalue weighted by Gasteiger charge is 2.31. The minimum Gasteiger partial charge on any atom is -0.297 e. The number of carbonyl (C=O) groups excluding carboxylic acids is 1. The largest absolute Gasteiger partial charge is 0.416 e. The molecule has 0 radical (unpaired) electrons. The van der Waals surface area contributed by atoms with Gasteiger partial charge in [-0.05, 0) is 43.5 Å². The number of carbonyl (C=O) groups is 1. The number of nitrogens with one attached hydrogen (secondary N) is 1. The van der Waals surface area contributed by atoms with E-state index in [0.717, 1.165) is 42.9 Å². The fraction of sp³-hybridized carbons (Fsp3) is 0.500. The minimum atomic E-state index is -4.39. The topological polar surface area (TPSA) is 49.0 Å². The molecule has 0 spiro atoms. The quantitative estimate of drug-likeness (QED) is 0.770. The number of halogens is 3. The molecule has 1 aromatic carbocycles. The maximum absolute atomic E-state index is 12.7. The van der Waals surface area contributed by atoms with Gasteiger partial charge in [0.15, 0.2) is 5.78 Å². The van der Waals surface area contributed by atoms with Crippen LogP contribution in [0.5, 0.6) is 0 Å². The number of piperidine rings is 1. The first-order valence-electron chi connectivity index (χ1n) is 9.22. The summed E-state index contributed by atoms with van der Waals surface area (Å²) in [4.78, 5) is 14.9. The normalized spacial score (nSPS) is 18.8. The summed E-state index contributed by atoms with van der Waals surface area (Å²) in [6.45, 7) is 6.36. The molecule has 1 aliphatic rings. The maximum Gasteiger partial charge on any atom is 0.416 e. The van der Waals surface area contributed by atoms with Crippen LogP contribution in [0.15, 0.2) is 30.3 Å². The molecule has 0 bridgehead atoms. The monoisotopic (exact) mass is 379 g/mol. The standard InChI is InChI=1S/C20H24F3N3O/c1-13(2)18-10-17(24-25-18)12-26-9-3-4-15(11-26)19(27)14-5-7-16(8-6-14)20(21,22)23/h5-8,10,13,15H,3-4,9,11-12H2,1-2H3,(H,24,25)/t15-/m0/s1. The second kappa shape index (κ2) is 7.84. The number of nitrogens with zero attached hydrogens (tertiary/aromatic N) is 2. The molecule has 4 nitrogen and oxygen atoms in total. The van der Waals surface area contributed by atoms with E-state index in [1.807, 2.05) is 6.07 Å². The first kappa shape index (κ1) is 19.6. The van der Waals surface area contributed by atoms with Crippen molar-refractivity contribution in [1.82, 2.24) is 15.1 Å². The fourth-order valence-corrected chi connectivity index (χ4v) is 3.47. The summed E-state index contributed by atoms with van der Waals surface area (Å²) in [6, 6.07) is 6.57. The minimum absolute atomic E-state index is 0.0825. The summed E-state index contributed by atoms with van der Waals surface area (Å²) in [5.74, 6) is 0.0780. The predicted molar refractivity (Wildman–Crippen MR) is 96.5 cm³/mol. The van der Waals surface area contributed by atoms with Gasteiger partial charge in [-0.25, -0.2) is 0 Å². The number of rotatable bonds is 5. The van der Waals surface area contributed by atoms with Gasteiger partial charge in [0.25, 0.3) is 0 Å². The Labute approximate surface area is 156 Å². The lowest BCUT2D eigenvalue weighted by Crippen LogP contribution is -2.38. The number of hydrogen-bond acceptors (Lipinski definition) is 3. The fourth-order valence-electron chi connectivity index (χ4n) is 3.47. The van der Waals surface area contributed by atoms with Gasteiger partial charge in [-0.2, -0.15) is 18.3 Å². The second-order valence-electron chi connectivity index (χ2n) is 7.49. The van der Waals surface area contributed by atoms with Gasteiger partial charge in [0, 0.05) is 30.3 Å². The van der Waals surface area contributed by atoms with E-state index in [9.17, 15) is 18.0 Å². The average molecular weight is 379 g/mol. The summed E-state index contributed by atoms with van der Waals surface area (Å²) in [5.41, 5.74) is 1.64. The number of ketones is 1. The molecule has 2 heterocycles. The Kier molecular flexibility index (Phi) is 5.69. The van der Waals surface area contributed by atoms with Gasteiger partial charge < -0.3 is 0 Å². The highest BCUT2D eigenvalue weighted by atomic mass is 19.4. The van der Waals surface area contributed by atoms with E-state index in [2.05, 4.69) is 28.9 Å². The Morgan fingerprint density at radius 2 is 2.00 bits per heavy atom. The van der Waals surface area contributed by atoms with Gasteiger partial charge in [-0.3, -0.25) is 14.8 Å². The Morgan fingerprint density at radius 1 is 1.30 bits per heavy atom. The van der Waals surface area contributed by atoms with E-state index in [-0.39, 0.29) is 11.7 Å². The van der Waals surface area contributed by atoms with Crippen molar-refractivity contribution in [2.75, 3.05) is 13.1 Å². The Hall–Kier alpha value is -2.15. The number of aromatic amines is 1. The van der Waals surface area contributed by atoms with Crippen molar-refractivity contribution in [3.8, 4) is 0 Å². The molecule has 7 heteroatoms. The van der Waals surface area contributed by atoms with Crippen molar-refractivity contribution < 1.29 is 18.0 Å². The van der Waals surface area contributed by atoms with Gasteiger partial charge >= 0.3 is 6.18 Å². The highest BCUT2D eigenvalue weighted by Crippen LogP contribution is 2.30. The molecule has 0 aliphatic carbocycles. The number of H-pyrrole nitrogens is 1. The predicted octanol–water partition coefficient (Wildman–Crippen LogP) is 4.65. The summed E-state index contributed by atoms with van der Waals surface area (Å²) in [6.07, 6.45) is -2.74. The van der Waals surface area contributed by atoms with Crippen LogP contribution in [0.2, 0.25) is 0 Å². The van der Waals surface area contributed by atoms with Crippen molar-refractivity contribution in [1.29, 1.82) is 0 Å². The first-order valence-corrected chi connectivity index (χ1v) is 9.22. The molecule has 1 N–H and O–H groups in total. The van der Waals surface area contributed by atoms with Crippen LogP contribution < -0.4 is 0 Å². The SMILES string of the molecule is CC(C)c1cc(CN2CCC[C@H](C(=O)c3ccc(C(F)(F)F)cc3)C2)[nH]n1. The molecule has 27 heavy (non-hydrogen) atoms. The number of benzene rings is 1. The number of alkyl halides is 3. The van der Waals surface area contributed by atoms with Crippen molar-refractivity contribution >= 4 is 5.78 Å². The van der Waals surface area contributed by atoms with Crippen molar-refractivity contribution in [2.24, 2.45) is 5.92 Å². The lowest BCUT2D eigenvalue weighted by Gasteiger charge is -2.31. The molecule has 2 aromatic rings. The maximum atomic E-state index is 12.7. The molecule has 1 aliphatic heterocycles. The van der Waals surface area contributed by atoms with E-state index < -0.39 is 11.7 Å². The summed E-state index contributed by atoms with van der Waals surface area (Å²) in [5, 5.41) is 7.35. The van der Waals surface area contributed by atoms with Crippen LogP contribution in [0, 0.1) is 5.92 Å². The molecular formula is C20H24F3N3O. The van der Waals surface area contributed by atoms with Gasteiger partial charge in [-0.15, -0.1) is 0 Å². The van der Waals surface area contributed by atoms with Crippen molar-refractivity contribution in [3.63, 3.8) is 0 Å². The van der Waals surface area contributed by atoms with Crippen LogP contribution in [-0.4, -0.2) is 34.0 Å². The summed E-state index contributed by atoms with van der Waals surface area (Å²) in [7, 11) is 0. The highest BCUT2D eigenvalue weighted by molar-refractivity contribution is 5.98. The van der Waals surface area contributed by atoms with E-state index >= 15 is 0 Å². The zero-order chi connectivity index (χ0) is 19.6. The molecule has 1 aromatic heterocycles. The van der Waals surface area contributed by atoms with Crippen LogP contribution in [0.25, 0.3) is 0 Å². The number of Topliss-reactive ketones (excluding diaryl/α,β-unsaturated/α-hetero) is 1. The zero-order valence-corrected chi connectivity index (χ0v) is 15.5. The smallest absolute Gasteiger partial charge is 0.297 e. The molecule has 0 saturated carbocycles. The third-order valence-electron chi connectivity index (χ3n) is 5.01. The third-order valence-corrected chi connectivity index (χ3v) is 5.01. The van der Waals surface area contributed by atoms with Crippen LogP contribution in [-0.2, 0) is 12.7 Å². The molecule has 1 saturated heterocycles. The summed E-state index contributed by atoms with van der Waals surface area (Å²) >= 11 is 0. The van der Waals surface area contributed by atoms with Crippen LogP contribution in [0.4, 0.5) is 13.2 Å². The second-order valence-corrected chi connectivity index (χ2v) is 7.49. The van der Waals surface area contributed by atoms with Crippen LogP contribution in [0.3, 0.4) is 0 Å². The molecule has 1 fully saturated rings. The van der Waals surface area contributed by atoms with Crippen LogP contribution in [0.1, 0.15) is 59.9 Å². The molecule has 3 rings (SSSR count). The third kappa shape index (κ3) is 4.77. The van der Waals surface area contributed by atoms with Crippen LogP contribution >= 0.6 is 0 Å². The molecule has 0 unspecified atom stereocenters. The van der Waals surface area contributed by atoms with E-state index in [0.29, 0.717) is 24.6 Å². The molecule has 0 amide bonds.